The molecule has 2 heterocycles. The van der Waals surface area contributed by atoms with Crippen LogP contribution in [0.2, 0.25) is 0 Å². The first-order valence-electron chi connectivity index (χ1n) is 29.4. The molecule has 2 fully saturated rings. The van der Waals surface area contributed by atoms with E-state index in [-0.39, 0.29) is 18.9 Å². The largest absolute Gasteiger partial charge is 0.394 e. The summed E-state index contributed by atoms with van der Waals surface area (Å²) in [7, 11) is 0. The molecule has 0 radical (unpaired) electrons. The molecular weight excluding hydrogens is 907 g/mol. The van der Waals surface area contributed by atoms with E-state index in [1.54, 1.807) is 6.08 Å². The number of carbonyl (C=O) groups excluding carboxylic acids is 1. The maximum absolute atomic E-state index is 13.2. The number of allylic oxidation sites excluding steroid dienone is 1. The molecule has 0 spiro atoms. The first-order valence-corrected chi connectivity index (χ1v) is 29.4. The van der Waals surface area contributed by atoms with Crippen LogP contribution in [0.3, 0.4) is 0 Å². The van der Waals surface area contributed by atoms with Gasteiger partial charge in [-0.3, -0.25) is 4.79 Å². The van der Waals surface area contributed by atoms with Crippen LogP contribution in [0, 0.1) is 0 Å². The van der Waals surface area contributed by atoms with Crippen LogP contribution in [0.5, 0.6) is 0 Å². The van der Waals surface area contributed by atoms with Crippen LogP contribution in [0.25, 0.3) is 0 Å². The zero-order valence-corrected chi connectivity index (χ0v) is 45.0. The van der Waals surface area contributed by atoms with E-state index < -0.39 is 86.8 Å². The smallest absolute Gasteiger partial charge is 0.220 e. The molecule has 0 bridgehead atoms. The highest BCUT2D eigenvalue weighted by Crippen LogP contribution is 2.30. The molecule has 0 aliphatic carbocycles. The average molecular weight is 1020 g/mol. The second-order valence-electron chi connectivity index (χ2n) is 21.1. The number of rotatable bonds is 47. The Kier molecular flexibility index (Phi) is 40.7. The third-order valence-electron chi connectivity index (χ3n) is 14.7. The van der Waals surface area contributed by atoms with Crippen LogP contribution in [0.1, 0.15) is 251 Å². The molecule has 2 saturated heterocycles. The number of amides is 1. The molecule has 0 aromatic heterocycles. The van der Waals surface area contributed by atoms with Gasteiger partial charge in [-0.25, -0.2) is 0 Å². The molecule has 71 heavy (non-hydrogen) atoms. The van der Waals surface area contributed by atoms with Gasteiger partial charge in [-0.2, -0.15) is 0 Å². The Morgan fingerprint density at radius 3 is 1.30 bits per heavy atom. The molecule has 0 aromatic carbocycles. The van der Waals surface area contributed by atoms with Crippen LogP contribution < -0.4 is 5.32 Å². The van der Waals surface area contributed by atoms with Crippen LogP contribution in [-0.4, -0.2) is 140 Å². The fourth-order valence-corrected chi connectivity index (χ4v) is 9.94. The van der Waals surface area contributed by atoms with Gasteiger partial charge in [0.2, 0.25) is 5.91 Å². The monoisotopic (exact) mass is 1020 g/mol. The third kappa shape index (κ3) is 30.2. The Morgan fingerprint density at radius 2 is 0.873 bits per heavy atom. The minimum atomic E-state index is -1.78. The number of carbonyl (C=O) groups is 1. The summed E-state index contributed by atoms with van der Waals surface area (Å²) in [6.07, 6.45) is 32.5. The molecule has 12 atom stereocenters. The summed E-state index contributed by atoms with van der Waals surface area (Å²) in [6, 6.07) is -0.909. The highest BCUT2D eigenvalue weighted by Gasteiger charge is 2.51. The summed E-state index contributed by atoms with van der Waals surface area (Å²) >= 11 is 0. The highest BCUT2D eigenvalue weighted by molar-refractivity contribution is 5.76. The molecule has 0 aromatic rings. The average Bonchev–Trinajstić information content (AvgIpc) is 3.37. The zero-order valence-electron chi connectivity index (χ0n) is 45.0. The fraction of sp³-hybridized carbons (Fsp3) is 0.947. The van der Waals surface area contributed by atoms with Crippen molar-refractivity contribution in [2.45, 2.75) is 325 Å². The first kappa shape index (κ1) is 65.8. The lowest BCUT2D eigenvalue weighted by molar-refractivity contribution is -0.359. The van der Waals surface area contributed by atoms with Gasteiger partial charge in [-0.15, -0.1) is 0 Å². The van der Waals surface area contributed by atoms with E-state index in [1.807, 2.05) is 6.08 Å². The summed E-state index contributed by atoms with van der Waals surface area (Å²) in [5.41, 5.74) is 0. The number of aliphatic hydroxyl groups is 8. The first-order chi connectivity index (χ1) is 34.6. The number of ether oxygens (including phenoxy) is 4. The third-order valence-corrected chi connectivity index (χ3v) is 14.7. The van der Waals surface area contributed by atoms with E-state index in [2.05, 4.69) is 19.2 Å². The second-order valence-corrected chi connectivity index (χ2v) is 21.1. The molecule has 2 aliphatic heterocycles. The lowest BCUT2D eigenvalue weighted by Crippen LogP contribution is -2.65. The minimum Gasteiger partial charge on any atom is -0.394 e. The normalized spacial score (nSPS) is 25.8. The molecule has 420 valence electrons. The van der Waals surface area contributed by atoms with Crippen molar-refractivity contribution in [1.29, 1.82) is 0 Å². The molecule has 12 unspecified atom stereocenters. The van der Waals surface area contributed by atoms with E-state index in [0.29, 0.717) is 6.42 Å². The van der Waals surface area contributed by atoms with Gasteiger partial charge in [0.1, 0.15) is 48.8 Å². The summed E-state index contributed by atoms with van der Waals surface area (Å²) in [5, 5.41) is 87.0. The number of aliphatic hydroxyl groups excluding tert-OH is 8. The van der Waals surface area contributed by atoms with Crippen molar-refractivity contribution in [2.24, 2.45) is 0 Å². The number of nitrogens with one attached hydrogen (secondary N) is 1. The second kappa shape index (κ2) is 43.9. The lowest BCUT2D eigenvalue weighted by Gasteiger charge is -2.46. The van der Waals surface area contributed by atoms with Crippen molar-refractivity contribution in [3.05, 3.63) is 12.2 Å². The van der Waals surface area contributed by atoms with E-state index >= 15 is 0 Å². The van der Waals surface area contributed by atoms with Gasteiger partial charge in [0, 0.05) is 6.42 Å². The molecule has 2 aliphatic rings. The van der Waals surface area contributed by atoms with Crippen molar-refractivity contribution in [3.8, 4) is 0 Å². The van der Waals surface area contributed by atoms with E-state index in [4.69, 9.17) is 18.9 Å². The Balaban J connectivity index is 1.77. The maximum Gasteiger partial charge on any atom is 0.220 e. The van der Waals surface area contributed by atoms with E-state index in [0.717, 1.165) is 38.5 Å². The SMILES string of the molecule is CCCCCCCCCCCCCCCC/C=C/C(O)C(COC1OC(CO)C(OC2OC(CO)C(O)C(O)C2O)C(O)C1O)NC(=O)CCCCCCCCCCCCCCCCCCCCCCC. The van der Waals surface area contributed by atoms with Gasteiger partial charge in [-0.1, -0.05) is 238 Å². The van der Waals surface area contributed by atoms with Crippen LogP contribution in [-0.2, 0) is 23.7 Å². The standard InChI is InChI=1S/C57H109NO13/c1-3-5-7-9-11-13-15-17-19-21-22-23-24-25-27-29-31-33-35-37-39-41-49(62)58-45(46(61)40-38-36-34-32-30-28-26-20-18-16-14-12-10-8-6-4-2)44-68-56-54(67)52(65)55(48(43-60)70-56)71-57-53(66)51(64)50(63)47(42-59)69-57/h38,40,45-48,50-57,59-61,63-67H,3-37,39,41-44H2,1-2H3,(H,58,62)/b40-38+. The Bertz CT molecular complexity index is 1240. The molecule has 0 saturated carbocycles. The summed E-state index contributed by atoms with van der Waals surface area (Å²) in [4.78, 5) is 13.2. The maximum atomic E-state index is 13.2. The van der Waals surface area contributed by atoms with E-state index in [9.17, 15) is 45.6 Å². The molecule has 1 amide bonds. The van der Waals surface area contributed by atoms with Crippen molar-refractivity contribution >= 4 is 5.91 Å². The topological polar surface area (TPSA) is 228 Å². The van der Waals surface area contributed by atoms with Crippen molar-refractivity contribution in [1.82, 2.24) is 5.32 Å². The Morgan fingerprint density at radius 1 is 0.493 bits per heavy atom. The van der Waals surface area contributed by atoms with Gasteiger partial charge in [0.25, 0.3) is 0 Å². The van der Waals surface area contributed by atoms with Gasteiger partial charge in [0.15, 0.2) is 12.6 Å². The molecule has 9 N–H and O–H groups in total. The van der Waals surface area contributed by atoms with Crippen LogP contribution >= 0.6 is 0 Å². The quantitative estimate of drug-likeness (QED) is 0.0205. The Hall–Kier alpha value is -1.27. The summed E-state index contributed by atoms with van der Waals surface area (Å²) < 4.78 is 22.8. The molecular formula is C57H109NO13. The fourth-order valence-electron chi connectivity index (χ4n) is 9.94. The van der Waals surface area contributed by atoms with Gasteiger partial charge in [0.05, 0.1) is 32.0 Å². The summed E-state index contributed by atoms with van der Waals surface area (Å²) in [5.74, 6) is -0.234. The number of hydrogen-bond acceptors (Lipinski definition) is 13. The summed E-state index contributed by atoms with van der Waals surface area (Å²) in [6.45, 7) is 2.82. The van der Waals surface area contributed by atoms with Crippen molar-refractivity contribution in [2.75, 3.05) is 19.8 Å². The van der Waals surface area contributed by atoms with Gasteiger partial charge >= 0.3 is 0 Å². The lowest BCUT2D eigenvalue weighted by atomic mass is 9.97. The van der Waals surface area contributed by atoms with Crippen molar-refractivity contribution in [3.63, 3.8) is 0 Å². The predicted molar refractivity (Wildman–Crippen MR) is 282 cm³/mol. The zero-order chi connectivity index (χ0) is 51.7. The van der Waals surface area contributed by atoms with Crippen LogP contribution in [0.15, 0.2) is 12.2 Å². The Labute approximate surface area is 431 Å². The van der Waals surface area contributed by atoms with Crippen molar-refractivity contribution < 1.29 is 64.6 Å². The van der Waals surface area contributed by atoms with Gasteiger partial charge < -0.3 is 65.1 Å². The predicted octanol–water partition coefficient (Wildman–Crippen LogP) is 9.50. The number of unbranched alkanes of at least 4 members (excludes halogenated alkanes) is 34. The molecule has 2 rings (SSSR count). The van der Waals surface area contributed by atoms with Crippen LogP contribution in [0.4, 0.5) is 0 Å². The van der Waals surface area contributed by atoms with E-state index in [1.165, 1.54) is 186 Å². The molecule has 14 heteroatoms. The minimum absolute atomic E-state index is 0.234. The van der Waals surface area contributed by atoms with Gasteiger partial charge in [-0.05, 0) is 19.3 Å². The highest BCUT2D eigenvalue weighted by atomic mass is 16.7. The number of hydrogen-bond donors (Lipinski definition) is 9. The molecule has 14 nitrogen and oxygen atoms in total.